The lowest BCUT2D eigenvalue weighted by atomic mass is 10.1. The Morgan fingerprint density at radius 3 is 2.84 bits per heavy atom. The second-order valence-corrected chi connectivity index (χ2v) is 6.04. The molecule has 0 spiro atoms. The summed E-state index contributed by atoms with van der Waals surface area (Å²) in [5.74, 6) is 0. The molecule has 0 radical (unpaired) electrons. The molecule has 1 aliphatic heterocycles. The summed E-state index contributed by atoms with van der Waals surface area (Å²) in [4.78, 5) is 3.81. The van der Waals surface area contributed by atoms with Crippen molar-refractivity contribution in [1.29, 1.82) is 0 Å². The molecular weight excluding hydrogens is 256 g/mol. The van der Waals surface area contributed by atoms with Crippen molar-refractivity contribution in [1.82, 2.24) is 4.90 Å². The Hall–Kier alpha value is -1.36. The molecule has 3 N–H and O–H groups in total. The van der Waals surface area contributed by atoms with E-state index in [-0.39, 0.29) is 0 Å². The lowest BCUT2D eigenvalue weighted by molar-refractivity contribution is 0.106. The largest absolute Gasteiger partial charge is 0.399 e. The Morgan fingerprint density at radius 2 is 2.05 bits per heavy atom. The minimum absolute atomic E-state index is 0.444. The minimum atomic E-state index is -0.444. The van der Waals surface area contributed by atoms with Crippen LogP contribution in [0.5, 0.6) is 0 Å². The molecule has 2 heterocycles. The molecule has 100 valence electrons. The number of β-amino-alcohol motifs (C(OH)–C–C–N with tert-alkyl or cyclic N) is 1. The van der Waals surface area contributed by atoms with Crippen molar-refractivity contribution in [2.75, 3.05) is 18.8 Å². The van der Waals surface area contributed by atoms with E-state index < -0.39 is 6.10 Å². The zero-order valence-electron chi connectivity index (χ0n) is 10.7. The molecular formula is C15H18N2OS. The zero-order valence-corrected chi connectivity index (χ0v) is 11.6. The number of benzene rings is 1. The number of aliphatic hydroxyl groups is 1. The molecule has 1 unspecified atom stereocenters. The van der Waals surface area contributed by atoms with Crippen LogP contribution in [0, 0.1) is 0 Å². The van der Waals surface area contributed by atoms with Crippen LogP contribution in [-0.4, -0.2) is 23.1 Å². The number of anilines is 1. The molecule has 3 nitrogen and oxygen atoms in total. The fourth-order valence-corrected chi connectivity index (χ4v) is 3.42. The van der Waals surface area contributed by atoms with Gasteiger partial charge >= 0.3 is 0 Å². The first-order chi connectivity index (χ1) is 9.22. The van der Waals surface area contributed by atoms with Crippen LogP contribution in [0.3, 0.4) is 0 Å². The maximum atomic E-state index is 10.3. The molecule has 3 rings (SSSR count). The maximum Gasteiger partial charge on any atom is 0.0917 e. The normalized spacial score (nSPS) is 17.1. The van der Waals surface area contributed by atoms with E-state index in [4.69, 9.17) is 5.73 Å². The molecule has 19 heavy (non-hydrogen) atoms. The highest BCUT2D eigenvalue weighted by atomic mass is 32.1. The van der Waals surface area contributed by atoms with Crippen molar-refractivity contribution in [3.8, 4) is 0 Å². The van der Waals surface area contributed by atoms with Crippen LogP contribution >= 0.6 is 11.3 Å². The summed E-state index contributed by atoms with van der Waals surface area (Å²) >= 11 is 1.84. The summed E-state index contributed by atoms with van der Waals surface area (Å²) in [5.41, 5.74) is 8.75. The van der Waals surface area contributed by atoms with Crippen molar-refractivity contribution in [2.24, 2.45) is 0 Å². The van der Waals surface area contributed by atoms with Crippen LogP contribution < -0.4 is 5.73 Å². The number of hydrogen-bond acceptors (Lipinski definition) is 4. The van der Waals surface area contributed by atoms with Gasteiger partial charge in [-0.05, 0) is 41.1 Å². The highest BCUT2D eigenvalue weighted by molar-refractivity contribution is 7.10. The highest BCUT2D eigenvalue weighted by Crippen LogP contribution is 2.25. The van der Waals surface area contributed by atoms with Crippen molar-refractivity contribution in [2.45, 2.75) is 19.1 Å². The van der Waals surface area contributed by atoms with Crippen LogP contribution in [0.1, 0.15) is 22.1 Å². The summed E-state index contributed by atoms with van der Waals surface area (Å²) in [7, 11) is 0. The van der Waals surface area contributed by atoms with E-state index in [0.717, 1.165) is 30.8 Å². The Morgan fingerprint density at radius 1 is 1.26 bits per heavy atom. The predicted molar refractivity (Wildman–Crippen MR) is 79.1 cm³/mol. The number of rotatable bonds is 3. The molecule has 1 atom stereocenters. The van der Waals surface area contributed by atoms with Crippen molar-refractivity contribution < 1.29 is 5.11 Å². The van der Waals surface area contributed by atoms with E-state index in [1.54, 1.807) is 0 Å². The summed E-state index contributed by atoms with van der Waals surface area (Å²) in [6, 6.07) is 9.68. The lowest BCUT2D eigenvalue weighted by Gasteiger charge is -2.28. The van der Waals surface area contributed by atoms with Crippen LogP contribution in [0.25, 0.3) is 0 Å². The predicted octanol–water partition coefficient (Wildman–Crippen LogP) is 2.42. The number of aliphatic hydroxyl groups excluding tert-OH is 1. The van der Waals surface area contributed by atoms with E-state index in [1.165, 1.54) is 10.4 Å². The van der Waals surface area contributed by atoms with Crippen molar-refractivity contribution in [3.63, 3.8) is 0 Å². The fourth-order valence-electron chi connectivity index (χ4n) is 2.53. The first kappa shape index (κ1) is 12.7. The van der Waals surface area contributed by atoms with Crippen molar-refractivity contribution in [3.05, 3.63) is 51.7 Å². The van der Waals surface area contributed by atoms with Crippen LogP contribution in [0.4, 0.5) is 5.69 Å². The van der Waals surface area contributed by atoms with E-state index in [1.807, 2.05) is 35.6 Å². The lowest BCUT2D eigenvalue weighted by Crippen LogP contribution is -2.33. The molecule has 1 aliphatic rings. The molecule has 1 aromatic heterocycles. The molecule has 1 aromatic carbocycles. The number of nitrogens with zero attached hydrogens (tertiary/aromatic N) is 1. The average Bonchev–Trinajstić information content (AvgIpc) is 2.87. The minimum Gasteiger partial charge on any atom is -0.399 e. The molecule has 0 saturated carbocycles. The Kier molecular flexibility index (Phi) is 3.55. The van der Waals surface area contributed by atoms with Gasteiger partial charge in [-0.2, -0.15) is 0 Å². The van der Waals surface area contributed by atoms with Gasteiger partial charge in [0, 0.05) is 30.2 Å². The number of nitrogens with two attached hydrogens (primary N) is 1. The van der Waals surface area contributed by atoms with Crippen molar-refractivity contribution >= 4 is 17.0 Å². The van der Waals surface area contributed by atoms with Gasteiger partial charge in [0.25, 0.3) is 0 Å². The summed E-state index contributed by atoms with van der Waals surface area (Å²) < 4.78 is 0. The average molecular weight is 274 g/mol. The van der Waals surface area contributed by atoms with Gasteiger partial charge in [-0.1, -0.05) is 12.1 Å². The molecule has 0 fully saturated rings. The quantitative estimate of drug-likeness (QED) is 0.845. The number of nitrogen functional groups attached to an aromatic ring is 1. The van der Waals surface area contributed by atoms with Gasteiger partial charge < -0.3 is 10.8 Å². The van der Waals surface area contributed by atoms with Crippen LogP contribution in [0.15, 0.2) is 35.7 Å². The molecule has 0 amide bonds. The topological polar surface area (TPSA) is 49.5 Å². The smallest absolute Gasteiger partial charge is 0.0917 e. The van der Waals surface area contributed by atoms with Gasteiger partial charge in [0.15, 0.2) is 0 Å². The van der Waals surface area contributed by atoms with Gasteiger partial charge in [0.2, 0.25) is 0 Å². The Bertz CT molecular complexity index is 550. The first-order valence-electron chi connectivity index (χ1n) is 6.53. The third kappa shape index (κ3) is 2.81. The fraction of sp³-hybridized carbons (Fsp3) is 0.333. The zero-order chi connectivity index (χ0) is 13.2. The number of fused-ring (bicyclic) bond motifs is 1. The molecule has 4 heteroatoms. The second-order valence-electron chi connectivity index (χ2n) is 5.04. The van der Waals surface area contributed by atoms with Gasteiger partial charge in [0.1, 0.15) is 0 Å². The highest BCUT2D eigenvalue weighted by Gasteiger charge is 2.20. The van der Waals surface area contributed by atoms with E-state index in [9.17, 15) is 5.11 Å². The summed E-state index contributed by atoms with van der Waals surface area (Å²) in [6.45, 7) is 2.66. The van der Waals surface area contributed by atoms with Crippen LogP contribution in [0.2, 0.25) is 0 Å². The third-order valence-corrected chi connectivity index (χ3v) is 4.66. The molecule has 0 aliphatic carbocycles. The SMILES string of the molecule is Nc1ccc(C(O)CN2CCc3sccc3C2)cc1. The van der Waals surface area contributed by atoms with Gasteiger partial charge in [-0.25, -0.2) is 0 Å². The Labute approximate surface area is 117 Å². The third-order valence-electron chi connectivity index (χ3n) is 3.64. The number of hydrogen-bond donors (Lipinski definition) is 2. The molecule has 2 aromatic rings. The molecule has 0 saturated heterocycles. The summed E-state index contributed by atoms with van der Waals surface area (Å²) in [5, 5.41) is 12.4. The Balaban J connectivity index is 1.64. The van der Waals surface area contributed by atoms with E-state index in [0.29, 0.717) is 6.54 Å². The standard InChI is InChI=1S/C15H18N2OS/c16-13-3-1-11(2-4-13)14(18)10-17-7-5-15-12(9-17)6-8-19-15/h1-4,6,8,14,18H,5,7,9-10,16H2. The van der Waals surface area contributed by atoms with E-state index in [2.05, 4.69) is 16.3 Å². The maximum absolute atomic E-state index is 10.3. The van der Waals surface area contributed by atoms with Crippen LogP contribution in [-0.2, 0) is 13.0 Å². The van der Waals surface area contributed by atoms with Gasteiger partial charge in [-0.3, -0.25) is 4.90 Å². The van der Waals surface area contributed by atoms with Gasteiger partial charge in [0.05, 0.1) is 6.10 Å². The second kappa shape index (κ2) is 5.33. The first-order valence-corrected chi connectivity index (χ1v) is 7.41. The molecule has 0 bridgehead atoms. The summed E-state index contributed by atoms with van der Waals surface area (Å²) in [6.07, 6.45) is 0.655. The van der Waals surface area contributed by atoms with Gasteiger partial charge in [-0.15, -0.1) is 11.3 Å². The van der Waals surface area contributed by atoms with E-state index >= 15 is 0 Å². The number of thiophene rings is 1. The monoisotopic (exact) mass is 274 g/mol.